The number of nitrogens with zero attached hydrogens (tertiary/aromatic N) is 1. The van der Waals surface area contributed by atoms with E-state index in [1.165, 1.54) is 24.1 Å². The lowest BCUT2D eigenvalue weighted by Gasteiger charge is -2.08. The Labute approximate surface area is 174 Å². The molecule has 3 N–H and O–H groups in total. The number of aromatic nitrogens is 2. The zero-order valence-corrected chi connectivity index (χ0v) is 16.6. The Morgan fingerprint density at radius 3 is 2.67 bits per heavy atom. The molecule has 0 fully saturated rings. The van der Waals surface area contributed by atoms with Crippen LogP contribution in [0.15, 0.2) is 73.1 Å². The fourth-order valence-corrected chi connectivity index (χ4v) is 3.32. The molecule has 0 aliphatic heterocycles. The van der Waals surface area contributed by atoms with Crippen LogP contribution < -0.4 is 10.6 Å². The molecule has 0 saturated carbocycles. The van der Waals surface area contributed by atoms with Gasteiger partial charge in [-0.3, -0.25) is 9.59 Å². The van der Waals surface area contributed by atoms with Crippen molar-refractivity contribution in [1.82, 2.24) is 9.97 Å². The number of hydrogen-bond acceptors (Lipinski definition) is 4. The summed E-state index contributed by atoms with van der Waals surface area (Å²) in [5.74, 6) is 0.398. The zero-order valence-electron chi connectivity index (χ0n) is 16.6. The topological polar surface area (TPSA) is 86.9 Å². The second-order valence-corrected chi connectivity index (χ2v) is 7.06. The zero-order chi connectivity index (χ0) is 20.9. The third kappa shape index (κ3) is 4.38. The van der Waals surface area contributed by atoms with Crippen molar-refractivity contribution in [3.05, 3.63) is 89.7 Å². The van der Waals surface area contributed by atoms with Gasteiger partial charge in [-0.1, -0.05) is 30.3 Å². The maximum atomic E-state index is 12.4. The van der Waals surface area contributed by atoms with E-state index in [2.05, 4.69) is 32.7 Å². The van der Waals surface area contributed by atoms with Crippen LogP contribution in [0.3, 0.4) is 0 Å². The highest BCUT2D eigenvalue weighted by atomic mass is 16.1. The molecule has 0 bridgehead atoms. The van der Waals surface area contributed by atoms with Crippen molar-refractivity contribution in [1.29, 1.82) is 0 Å². The molecular formula is C24H22N4O2. The number of nitrogens with one attached hydrogen (secondary N) is 3. The molecular weight excluding hydrogens is 376 g/mol. The number of carbonyl (C=O) groups excluding carboxylic acids is 2. The summed E-state index contributed by atoms with van der Waals surface area (Å²) in [4.78, 5) is 31.5. The number of fused-ring (bicyclic) bond motifs is 1. The summed E-state index contributed by atoms with van der Waals surface area (Å²) in [6, 6.07) is 18.6. The fourth-order valence-electron chi connectivity index (χ4n) is 3.32. The van der Waals surface area contributed by atoms with E-state index in [1.807, 2.05) is 18.3 Å². The Morgan fingerprint density at radius 2 is 1.87 bits per heavy atom. The standard InChI is InChI=1S/C24H22N4O2/c1-16(29)17-5-4-6-20(13-17)28-24(30)19-9-10-23(27-15-19)25-12-11-18-14-26-22-8-3-2-7-21(18)22/h2-10,13-15,26H,11-12H2,1H3,(H,25,27)(H,28,30). The lowest BCUT2D eigenvalue weighted by Crippen LogP contribution is -2.13. The number of carbonyl (C=O) groups is 2. The Bertz CT molecular complexity index is 1200. The van der Waals surface area contributed by atoms with Crippen LogP contribution in [0.1, 0.15) is 33.2 Å². The van der Waals surface area contributed by atoms with E-state index >= 15 is 0 Å². The second-order valence-electron chi connectivity index (χ2n) is 7.06. The van der Waals surface area contributed by atoms with Crippen molar-refractivity contribution in [3.63, 3.8) is 0 Å². The van der Waals surface area contributed by atoms with Gasteiger partial charge >= 0.3 is 0 Å². The van der Waals surface area contributed by atoms with Crippen LogP contribution in [0.5, 0.6) is 0 Å². The third-order valence-corrected chi connectivity index (χ3v) is 4.93. The monoisotopic (exact) mass is 398 g/mol. The molecule has 0 aliphatic rings. The molecule has 4 rings (SSSR count). The summed E-state index contributed by atoms with van der Waals surface area (Å²) in [5.41, 5.74) is 3.97. The molecule has 0 atom stereocenters. The molecule has 2 aromatic carbocycles. The van der Waals surface area contributed by atoms with Crippen molar-refractivity contribution in [2.24, 2.45) is 0 Å². The van der Waals surface area contributed by atoms with Crippen molar-refractivity contribution in [2.75, 3.05) is 17.2 Å². The maximum Gasteiger partial charge on any atom is 0.257 e. The lowest BCUT2D eigenvalue weighted by molar-refractivity contribution is 0.101. The van der Waals surface area contributed by atoms with E-state index in [0.717, 1.165) is 18.5 Å². The summed E-state index contributed by atoms with van der Waals surface area (Å²) in [6.45, 7) is 2.23. The Kier molecular flexibility index (Phi) is 5.57. The number of ketones is 1. The van der Waals surface area contributed by atoms with E-state index in [1.54, 1.807) is 36.4 Å². The van der Waals surface area contributed by atoms with Gasteiger partial charge in [0.1, 0.15) is 5.82 Å². The first-order valence-electron chi connectivity index (χ1n) is 9.77. The van der Waals surface area contributed by atoms with Crippen LogP contribution in [0.4, 0.5) is 11.5 Å². The molecule has 0 unspecified atom stereocenters. The van der Waals surface area contributed by atoms with Crippen molar-refractivity contribution in [3.8, 4) is 0 Å². The normalized spacial score (nSPS) is 10.7. The molecule has 0 spiro atoms. The molecule has 2 aromatic heterocycles. The summed E-state index contributed by atoms with van der Waals surface area (Å²) in [5, 5.41) is 7.32. The smallest absolute Gasteiger partial charge is 0.257 e. The molecule has 4 aromatic rings. The average Bonchev–Trinajstić information content (AvgIpc) is 3.17. The van der Waals surface area contributed by atoms with Crippen LogP contribution in [0.25, 0.3) is 10.9 Å². The molecule has 2 heterocycles. The van der Waals surface area contributed by atoms with Crippen molar-refractivity contribution in [2.45, 2.75) is 13.3 Å². The Morgan fingerprint density at radius 1 is 1.00 bits per heavy atom. The van der Waals surface area contributed by atoms with Gasteiger partial charge in [0, 0.05) is 41.1 Å². The Balaban J connectivity index is 1.34. The number of pyridine rings is 1. The van der Waals surface area contributed by atoms with Crippen LogP contribution in [-0.2, 0) is 6.42 Å². The van der Waals surface area contributed by atoms with Gasteiger partial charge in [-0.25, -0.2) is 4.98 Å². The first kappa shape index (κ1) is 19.4. The highest BCUT2D eigenvalue weighted by molar-refractivity contribution is 6.05. The Hall–Kier alpha value is -3.93. The lowest BCUT2D eigenvalue weighted by atomic mass is 10.1. The predicted octanol–water partition coefficient (Wildman–Crippen LogP) is 4.67. The molecule has 6 nitrogen and oxygen atoms in total. The quantitative estimate of drug-likeness (QED) is 0.395. The van der Waals surface area contributed by atoms with Crippen molar-refractivity contribution >= 4 is 34.1 Å². The molecule has 0 radical (unpaired) electrons. The van der Waals surface area contributed by atoms with Crippen LogP contribution >= 0.6 is 0 Å². The second kappa shape index (κ2) is 8.61. The number of amides is 1. The number of Topliss-reactive ketones (excluding diaryl/α,β-unsaturated/α-hetero) is 1. The number of benzene rings is 2. The fraction of sp³-hybridized carbons (Fsp3) is 0.125. The summed E-state index contributed by atoms with van der Waals surface area (Å²) in [7, 11) is 0. The largest absolute Gasteiger partial charge is 0.370 e. The van der Waals surface area contributed by atoms with E-state index in [-0.39, 0.29) is 11.7 Å². The van der Waals surface area contributed by atoms with Gasteiger partial charge in [-0.15, -0.1) is 0 Å². The molecule has 30 heavy (non-hydrogen) atoms. The SMILES string of the molecule is CC(=O)c1cccc(NC(=O)c2ccc(NCCc3c[nH]c4ccccc34)nc2)c1. The first-order valence-corrected chi connectivity index (χ1v) is 9.77. The van der Waals surface area contributed by atoms with E-state index in [0.29, 0.717) is 22.6 Å². The van der Waals surface area contributed by atoms with E-state index in [4.69, 9.17) is 0 Å². The van der Waals surface area contributed by atoms with Crippen LogP contribution in [0, 0.1) is 0 Å². The van der Waals surface area contributed by atoms with Crippen molar-refractivity contribution < 1.29 is 9.59 Å². The van der Waals surface area contributed by atoms with Gasteiger partial charge in [0.05, 0.1) is 5.56 Å². The predicted molar refractivity (Wildman–Crippen MR) is 119 cm³/mol. The van der Waals surface area contributed by atoms with Crippen LogP contribution in [0.2, 0.25) is 0 Å². The minimum atomic E-state index is -0.270. The van der Waals surface area contributed by atoms with Crippen LogP contribution in [-0.4, -0.2) is 28.2 Å². The number of para-hydroxylation sites is 1. The molecule has 6 heteroatoms. The molecule has 0 saturated heterocycles. The number of hydrogen-bond donors (Lipinski definition) is 3. The van der Waals surface area contributed by atoms with Gasteiger partial charge in [0.2, 0.25) is 0 Å². The van der Waals surface area contributed by atoms with Gasteiger partial charge in [-0.2, -0.15) is 0 Å². The summed E-state index contributed by atoms with van der Waals surface area (Å²) >= 11 is 0. The maximum absolute atomic E-state index is 12.4. The molecule has 150 valence electrons. The van der Waals surface area contributed by atoms with Gasteiger partial charge in [-0.05, 0) is 49.2 Å². The number of H-pyrrole nitrogens is 1. The average molecular weight is 398 g/mol. The summed E-state index contributed by atoms with van der Waals surface area (Å²) < 4.78 is 0. The number of aromatic amines is 1. The minimum Gasteiger partial charge on any atom is -0.370 e. The third-order valence-electron chi connectivity index (χ3n) is 4.93. The highest BCUT2D eigenvalue weighted by Gasteiger charge is 2.09. The van der Waals surface area contributed by atoms with Gasteiger partial charge in [0.15, 0.2) is 5.78 Å². The minimum absolute atomic E-state index is 0.0455. The highest BCUT2D eigenvalue weighted by Crippen LogP contribution is 2.18. The van der Waals surface area contributed by atoms with E-state index in [9.17, 15) is 9.59 Å². The van der Waals surface area contributed by atoms with E-state index < -0.39 is 0 Å². The number of anilines is 2. The molecule has 0 aliphatic carbocycles. The number of rotatable bonds is 7. The first-order chi connectivity index (χ1) is 14.6. The summed E-state index contributed by atoms with van der Waals surface area (Å²) in [6.07, 6.45) is 4.44. The van der Waals surface area contributed by atoms with Gasteiger partial charge in [0.25, 0.3) is 5.91 Å². The molecule has 1 amide bonds. The van der Waals surface area contributed by atoms with Gasteiger partial charge < -0.3 is 15.6 Å².